The Morgan fingerprint density at radius 1 is 1.35 bits per heavy atom. The summed E-state index contributed by atoms with van der Waals surface area (Å²) in [5, 5.41) is 18.1. The molecule has 17 heavy (non-hydrogen) atoms. The highest BCUT2D eigenvalue weighted by atomic mass is 32.2. The van der Waals surface area contributed by atoms with Gasteiger partial charge in [0.15, 0.2) is 9.84 Å². The van der Waals surface area contributed by atoms with Gasteiger partial charge in [-0.3, -0.25) is 4.79 Å². The van der Waals surface area contributed by atoms with Crippen molar-refractivity contribution in [3.8, 4) is 5.75 Å². The van der Waals surface area contributed by atoms with Crippen LogP contribution < -0.4 is 0 Å². The fourth-order valence-electron chi connectivity index (χ4n) is 1.50. The highest BCUT2D eigenvalue weighted by molar-refractivity contribution is 7.90. The molecule has 1 aromatic rings. The molecule has 2 N–H and O–H groups in total. The van der Waals surface area contributed by atoms with Crippen LogP contribution in [0.25, 0.3) is 0 Å². The summed E-state index contributed by atoms with van der Waals surface area (Å²) in [5.41, 5.74) is 0.780. The van der Waals surface area contributed by atoms with Gasteiger partial charge in [-0.2, -0.15) is 0 Å². The minimum absolute atomic E-state index is 0.0298. The standard InChI is InChI=1S/C11H14O5S/c1-7-5-10(17(2,15)16)8(6-9(7)12)3-4-11(13)14/h5-6,12H,3-4H2,1-2H3,(H,13,14). The first-order valence-electron chi connectivity index (χ1n) is 4.96. The van der Waals surface area contributed by atoms with Crippen LogP contribution in [0.1, 0.15) is 17.5 Å². The molecule has 0 aliphatic rings. The molecular weight excluding hydrogens is 244 g/mol. The van der Waals surface area contributed by atoms with Crippen LogP contribution in [-0.4, -0.2) is 30.9 Å². The SMILES string of the molecule is Cc1cc(S(C)(=O)=O)c(CCC(=O)O)cc1O. The second-order valence-corrected chi connectivity index (χ2v) is 5.90. The third-order valence-corrected chi connectivity index (χ3v) is 3.57. The van der Waals surface area contributed by atoms with Gasteiger partial charge in [-0.1, -0.05) is 0 Å². The van der Waals surface area contributed by atoms with Gasteiger partial charge < -0.3 is 10.2 Å². The molecule has 1 aromatic carbocycles. The minimum Gasteiger partial charge on any atom is -0.508 e. The number of phenolic OH excluding ortho intramolecular Hbond substituents is 1. The summed E-state index contributed by atoms with van der Waals surface area (Å²) in [5.74, 6) is -1.04. The van der Waals surface area contributed by atoms with Gasteiger partial charge in [0.1, 0.15) is 5.75 Å². The zero-order chi connectivity index (χ0) is 13.2. The number of carboxylic acids is 1. The van der Waals surface area contributed by atoms with E-state index in [2.05, 4.69) is 0 Å². The summed E-state index contributed by atoms with van der Waals surface area (Å²) >= 11 is 0. The van der Waals surface area contributed by atoms with Crippen molar-refractivity contribution in [2.45, 2.75) is 24.7 Å². The van der Waals surface area contributed by atoms with E-state index >= 15 is 0 Å². The summed E-state index contributed by atoms with van der Waals surface area (Å²) in [7, 11) is -3.42. The van der Waals surface area contributed by atoms with Gasteiger partial charge in [0.2, 0.25) is 0 Å². The van der Waals surface area contributed by atoms with Crippen molar-refractivity contribution in [1.29, 1.82) is 0 Å². The van der Waals surface area contributed by atoms with Crippen LogP contribution in [0.2, 0.25) is 0 Å². The fourth-order valence-corrected chi connectivity index (χ4v) is 2.52. The maximum atomic E-state index is 11.5. The summed E-state index contributed by atoms with van der Waals surface area (Å²) in [6.07, 6.45) is 0.958. The second-order valence-electron chi connectivity index (χ2n) is 3.91. The minimum atomic E-state index is -3.42. The number of hydrogen-bond acceptors (Lipinski definition) is 4. The monoisotopic (exact) mass is 258 g/mol. The van der Waals surface area contributed by atoms with E-state index in [1.54, 1.807) is 6.92 Å². The van der Waals surface area contributed by atoms with Gasteiger partial charge in [-0.05, 0) is 36.6 Å². The third kappa shape index (κ3) is 3.45. The van der Waals surface area contributed by atoms with Gasteiger partial charge in [-0.25, -0.2) is 8.42 Å². The molecule has 6 heteroatoms. The Kier molecular flexibility index (Phi) is 3.77. The smallest absolute Gasteiger partial charge is 0.303 e. The van der Waals surface area contributed by atoms with E-state index in [0.717, 1.165) is 6.26 Å². The van der Waals surface area contributed by atoms with E-state index in [1.165, 1.54) is 12.1 Å². The zero-order valence-corrected chi connectivity index (χ0v) is 10.4. The van der Waals surface area contributed by atoms with Gasteiger partial charge in [-0.15, -0.1) is 0 Å². The van der Waals surface area contributed by atoms with E-state index in [4.69, 9.17) is 5.11 Å². The molecule has 0 amide bonds. The molecule has 0 spiro atoms. The summed E-state index contributed by atoms with van der Waals surface area (Å²) in [4.78, 5) is 10.6. The molecule has 0 saturated carbocycles. The molecule has 0 saturated heterocycles. The van der Waals surface area contributed by atoms with Gasteiger partial charge in [0.25, 0.3) is 0 Å². The maximum absolute atomic E-state index is 11.5. The van der Waals surface area contributed by atoms with Crippen molar-refractivity contribution < 1.29 is 23.4 Å². The Morgan fingerprint density at radius 3 is 2.41 bits per heavy atom. The molecule has 0 unspecified atom stereocenters. The van der Waals surface area contributed by atoms with Crippen LogP contribution >= 0.6 is 0 Å². The van der Waals surface area contributed by atoms with E-state index in [-0.39, 0.29) is 23.5 Å². The Labute approximate surface area is 99.6 Å². The number of benzene rings is 1. The first kappa shape index (κ1) is 13.5. The number of rotatable bonds is 4. The lowest BCUT2D eigenvalue weighted by Gasteiger charge is -2.09. The van der Waals surface area contributed by atoms with Crippen LogP contribution in [0.3, 0.4) is 0 Å². The molecule has 0 aromatic heterocycles. The molecule has 0 aliphatic carbocycles. The van der Waals surface area contributed by atoms with E-state index in [0.29, 0.717) is 11.1 Å². The highest BCUT2D eigenvalue weighted by Crippen LogP contribution is 2.26. The molecule has 1 rings (SSSR count). The molecular formula is C11H14O5S. The number of hydrogen-bond donors (Lipinski definition) is 2. The number of carbonyl (C=O) groups is 1. The van der Waals surface area contributed by atoms with Gasteiger partial charge >= 0.3 is 5.97 Å². The third-order valence-electron chi connectivity index (χ3n) is 2.39. The Hall–Kier alpha value is -1.56. The summed E-state index contributed by atoms with van der Waals surface area (Å²) in [6, 6.07) is 2.68. The molecule has 0 aliphatic heterocycles. The lowest BCUT2D eigenvalue weighted by atomic mass is 10.1. The Morgan fingerprint density at radius 2 is 1.94 bits per heavy atom. The summed E-state index contributed by atoms with van der Waals surface area (Å²) < 4.78 is 23.1. The van der Waals surface area contributed by atoms with Crippen LogP contribution in [0.5, 0.6) is 5.75 Å². The predicted molar refractivity (Wildman–Crippen MR) is 61.9 cm³/mol. The van der Waals surface area contributed by atoms with E-state index in [9.17, 15) is 18.3 Å². The number of phenols is 1. The quantitative estimate of drug-likeness (QED) is 0.844. The number of sulfone groups is 1. The van der Waals surface area contributed by atoms with Crippen molar-refractivity contribution in [3.63, 3.8) is 0 Å². The van der Waals surface area contributed by atoms with E-state index in [1.807, 2.05) is 0 Å². The van der Waals surface area contributed by atoms with Crippen molar-refractivity contribution in [2.75, 3.05) is 6.26 Å². The van der Waals surface area contributed by atoms with Crippen LogP contribution in [0.15, 0.2) is 17.0 Å². The Bertz CT molecular complexity index is 545. The maximum Gasteiger partial charge on any atom is 0.303 e. The normalized spacial score (nSPS) is 11.4. The molecule has 5 nitrogen and oxygen atoms in total. The van der Waals surface area contributed by atoms with Crippen LogP contribution in [-0.2, 0) is 21.1 Å². The number of aliphatic carboxylic acids is 1. The fraction of sp³-hybridized carbons (Fsp3) is 0.364. The molecule has 0 bridgehead atoms. The van der Waals surface area contributed by atoms with Crippen LogP contribution in [0, 0.1) is 6.92 Å². The number of carboxylic acid groups (broad SMARTS) is 1. The lowest BCUT2D eigenvalue weighted by Crippen LogP contribution is -2.05. The van der Waals surface area contributed by atoms with Crippen molar-refractivity contribution in [3.05, 3.63) is 23.3 Å². The van der Waals surface area contributed by atoms with E-state index < -0.39 is 15.8 Å². The first-order chi connectivity index (χ1) is 7.71. The average Bonchev–Trinajstić information content (AvgIpc) is 2.17. The number of aromatic hydroxyl groups is 1. The summed E-state index contributed by atoms with van der Waals surface area (Å²) in [6.45, 7) is 1.59. The molecule has 0 fully saturated rings. The predicted octanol–water partition coefficient (Wildman–Crippen LogP) is 1.12. The first-order valence-corrected chi connectivity index (χ1v) is 6.85. The van der Waals surface area contributed by atoms with Crippen molar-refractivity contribution in [1.82, 2.24) is 0 Å². The molecule has 0 heterocycles. The van der Waals surface area contributed by atoms with Crippen molar-refractivity contribution >= 4 is 15.8 Å². The molecule has 0 radical (unpaired) electrons. The zero-order valence-electron chi connectivity index (χ0n) is 9.60. The largest absolute Gasteiger partial charge is 0.508 e. The lowest BCUT2D eigenvalue weighted by molar-refractivity contribution is -0.136. The topological polar surface area (TPSA) is 91.7 Å². The highest BCUT2D eigenvalue weighted by Gasteiger charge is 2.16. The molecule has 0 atom stereocenters. The second kappa shape index (κ2) is 4.75. The van der Waals surface area contributed by atoms with Gasteiger partial charge in [0, 0.05) is 12.7 Å². The number of aryl methyl sites for hydroxylation is 2. The van der Waals surface area contributed by atoms with Crippen molar-refractivity contribution in [2.24, 2.45) is 0 Å². The van der Waals surface area contributed by atoms with Crippen LogP contribution in [0.4, 0.5) is 0 Å². The average molecular weight is 258 g/mol. The Balaban J connectivity index is 3.26. The van der Waals surface area contributed by atoms with Gasteiger partial charge in [0.05, 0.1) is 4.90 Å². The molecule has 94 valence electrons.